The molecule has 92 valence electrons. The number of esters is 1. The smallest absolute Gasteiger partial charge is 0.332 e. The lowest BCUT2D eigenvalue weighted by Crippen LogP contribution is -2.41. The van der Waals surface area contributed by atoms with Gasteiger partial charge in [0.15, 0.2) is 0 Å². The first kappa shape index (κ1) is 13.5. The second kappa shape index (κ2) is 5.68. The maximum Gasteiger partial charge on any atom is 0.332 e. The fourth-order valence-corrected chi connectivity index (χ4v) is 2.51. The van der Waals surface area contributed by atoms with Crippen LogP contribution in [-0.4, -0.2) is 20.5 Å². The highest BCUT2D eigenvalue weighted by molar-refractivity contribution is 6.71. The standard InChI is InChI=1S/C13H18O3Si/c1-11(2)13(14)15-10-17(3,4)16-12-8-6-5-7-9-12/h5-9H,1,10H2,2-4H3. The second-order valence-electron chi connectivity index (χ2n) is 4.53. The number of para-hydroxylation sites is 1. The highest BCUT2D eigenvalue weighted by Crippen LogP contribution is 2.15. The summed E-state index contributed by atoms with van der Waals surface area (Å²) in [5.41, 5.74) is 0.412. The number of hydrogen-bond acceptors (Lipinski definition) is 3. The molecule has 0 radical (unpaired) electrons. The van der Waals surface area contributed by atoms with Gasteiger partial charge in [0.25, 0.3) is 8.32 Å². The fraction of sp³-hybridized carbons (Fsp3) is 0.308. The van der Waals surface area contributed by atoms with Crippen LogP contribution in [0.25, 0.3) is 0 Å². The van der Waals surface area contributed by atoms with Gasteiger partial charge in [-0.1, -0.05) is 24.8 Å². The number of hydrogen-bond donors (Lipinski definition) is 0. The molecule has 0 aliphatic rings. The molecular formula is C13H18O3Si. The van der Waals surface area contributed by atoms with E-state index >= 15 is 0 Å². The monoisotopic (exact) mass is 250 g/mol. The average molecular weight is 250 g/mol. The molecular weight excluding hydrogens is 232 g/mol. The third kappa shape index (κ3) is 4.87. The number of carbonyl (C=O) groups is 1. The van der Waals surface area contributed by atoms with E-state index in [2.05, 4.69) is 6.58 Å². The molecule has 17 heavy (non-hydrogen) atoms. The maximum absolute atomic E-state index is 11.3. The molecule has 0 atom stereocenters. The molecule has 0 aliphatic carbocycles. The van der Waals surface area contributed by atoms with E-state index < -0.39 is 8.32 Å². The van der Waals surface area contributed by atoms with E-state index in [1.54, 1.807) is 6.92 Å². The molecule has 4 heteroatoms. The highest BCUT2D eigenvalue weighted by atomic mass is 28.4. The quantitative estimate of drug-likeness (QED) is 0.458. The van der Waals surface area contributed by atoms with Crippen molar-refractivity contribution in [1.82, 2.24) is 0 Å². The van der Waals surface area contributed by atoms with E-state index in [0.29, 0.717) is 11.8 Å². The van der Waals surface area contributed by atoms with Crippen LogP contribution in [0.3, 0.4) is 0 Å². The number of benzene rings is 1. The summed E-state index contributed by atoms with van der Waals surface area (Å²) in [6.45, 7) is 9.18. The molecule has 0 saturated carbocycles. The Bertz CT molecular complexity index is 398. The van der Waals surface area contributed by atoms with E-state index in [4.69, 9.17) is 9.16 Å². The van der Waals surface area contributed by atoms with Crippen molar-refractivity contribution < 1.29 is 14.0 Å². The van der Waals surface area contributed by atoms with Crippen LogP contribution in [0, 0.1) is 0 Å². The Hall–Kier alpha value is -1.55. The van der Waals surface area contributed by atoms with Crippen molar-refractivity contribution in [3.63, 3.8) is 0 Å². The molecule has 1 aromatic rings. The van der Waals surface area contributed by atoms with Gasteiger partial charge < -0.3 is 9.16 Å². The Morgan fingerprint density at radius 3 is 2.41 bits per heavy atom. The largest absolute Gasteiger partial charge is 0.541 e. The predicted octanol–water partition coefficient (Wildman–Crippen LogP) is 2.93. The molecule has 0 heterocycles. The fourth-order valence-electron chi connectivity index (χ4n) is 1.20. The lowest BCUT2D eigenvalue weighted by molar-refractivity contribution is -0.137. The van der Waals surface area contributed by atoms with Crippen LogP contribution in [0.5, 0.6) is 5.75 Å². The summed E-state index contributed by atoms with van der Waals surface area (Å²) in [5.74, 6) is 0.456. The molecule has 3 nitrogen and oxygen atoms in total. The van der Waals surface area contributed by atoms with Crippen LogP contribution in [0.4, 0.5) is 0 Å². The van der Waals surface area contributed by atoms with Crippen molar-refractivity contribution in [2.24, 2.45) is 0 Å². The van der Waals surface area contributed by atoms with Crippen LogP contribution in [0.15, 0.2) is 42.5 Å². The van der Waals surface area contributed by atoms with Gasteiger partial charge in [0, 0.05) is 5.57 Å². The summed E-state index contributed by atoms with van der Waals surface area (Å²) >= 11 is 0. The molecule has 1 aromatic carbocycles. The van der Waals surface area contributed by atoms with Gasteiger partial charge in [0.2, 0.25) is 0 Å². The third-order valence-corrected chi connectivity index (χ3v) is 3.66. The van der Waals surface area contributed by atoms with Crippen LogP contribution in [0.1, 0.15) is 6.92 Å². The second-order valence-corrected chi connectivity index (χ2v) is 8.54. The molecule has 0 aromatic heterocycles. The topological polar surface area (TPSA) is 35.5 Å². The van der Waals surface area contributed by atoms with Gasteiger partial charge in [-0.2, -0.15) is 0 Å². The SMILES string of the molecule is C=C(C)C(=O)OC[Si](C)(C)Oc1ccccc1. The molecule has 0 aliphatic heterocycles. The minimum Gasteiger partial charge on any atom is -0.541 e. The van der Waals surface area contributed by atoms with Gasteiger partial charge in [0.05, 0.1) is 0 Å². The van der Waals surface area contributed by atoms with E-state index in [0.717, 1.165) is 5.75 Å². The summed E-state index contributed by atoms with van der Waals surface area (Å²) in [6.07, 6.45) is 0.327. The van der Waals surface area contributed by atoms with Crippen LogP contribution in [-0.2, 0) is 9.53 Å². The summed E-state index contributed by atoms with van der Waals surface area (Å²) in [5, 5.41) is 0. The zero-order chi connectivity index (χ0) is 12.9. The molecule has 0 spiro atoms. The van der Waals surface area contributed by atoms with E-state index in [9.17, 15) is 4.79 Å². The normalized spacial score (nSPS) is 10.8. The van der Waals surface area contributed by atoms with Crippen LogP contribution >= 0.6 is 0 Å². The van der Waals surface area contributed by atoms with Gasteiger partial charge in [0.1, 0.15) is 12.0 Å². The minimum atomic E-state index is -2.04. The molecule has 0 N–H and O–H groups in total. The molecule has 1 rings (SSSR count). The van der Waals surface area contributed by atoms with Crippen molar-refractivity contribution in [3.05, 3.63) is 42.5 Å². The summed E-state index contributed by atoms with van der Waals surface area (Å²) in [7, 11) is -2.04. The lowest BCUT2D eigenvalue weighted by Gasteiger charge is -2.23. The molecule has 0 bridgehead atoms. The average Bonchev–Trinajstić information content (AvgIpc) is 2.26. The summed E-state index contributed by atoms with van der Waals surface area (Å²) in [6, 6.07) is 9.56. The minimum absolute atomic E-state index is 0.327. The Labute approximate surface area is 103 Å². The van der Waals surface area contributed by atoms with Crippen LogP contribution in [0.2, 0.25) is 13.1 Å². The summed E-state index contributed by atoms with van der Waals surface area (Å²) in [4.78, 5) is 11.3. The Balaban J connectivity index is 2.52. The lowest BCUT2D eigenvalue weighted by atomic mass is 10.3. The predicted molar refractivity (Wildman–Crippen MR) is 70.3 cm³/mol. The van der Waals surface area contributed by atoms with Crippen molar-refractivity contribution in [2.75, 3.05) is 6.23 Å². The number of ether oxygens (including phenoxy) is 1. The van der Waals surface area contributed by atoms with E-state index in [1.807, 2.05) is 43.4 Å². The number of rotatable bonds is 5. The van der Waals surface area contributed by atoms with Gasteiger partial charge in [-0.15, -0.1) is 0 Å². The van der Waals surface area contributed by atoms with Crippen molar-refractivity contribution >= 4 is 14.3 Å². The van der Waals surface area contributed by atoms with Crippen molar-refractivity contribution in [2.45, 2.75) is 20.0 Å². The zero-order valence-electron chi connectivity index (χ0n) is 10.5. The summed E-state index contributed by atoms with van der Waals surface area (Å²) < 4.78 is 11.0. The van der Waals surface area contributed by atoms with Gasteiger partial charge >= 0.3 is 5.97 Å². The van der Waals surface area contributed by atoms with Gasteiger partial charge in [-0.3, -0.25) is 0 Å². The Kier molecular flexibility index (Phi) is 4.51. The zero-order valence-corrected chi connectivity index (χ0v) is 11.5. The molecule has 0 saturated heterocycles. The first-order valence-corrected chi connectivity index (χ1v) is 8.59. The van der Waals surface area contributed by atoms with Crippen LogP contribution < -0.4 is 4.43 Å². The third-order valence-electron chi connectivity index (χ3n) is 2.04. The number of carbonyl (C=O) groups excluding carboxylic acids is 1. The Morgan fingerprint density at radius 2 is 1.88 bits per heavy atom. The van der Waals surface area contributed by atoms with Crippen molar-refractivity contribution in [3.8, 4) is 5.75 Å². The van der Waals surface area contributed by atoms with E-state index in [1.165, 1.54) is 0 Å². The molecule has 0 unspecified atom stereocenters. The van der Waals surface area contributed by atoms with E-state index in [-0.39, 0.29) is 5.97 Å². The molecule has 0 amide bonds. The Morgan fingerprint density at radius 1 is 1.29 bits per heavy atom. The molecule has 0 fully saturated rings. The van der Waals surface area contributed by atoms with Gasteiger partial charge in [-0.25, -0.2) is 4.79 Å². The first-order chi connectivity index (χ1) is 7.91. The van der Waals surface area contributed by atoms with Gasteiger partial charge in [-0.05, 0) is 32.2 Å². The van der Waals surface area contributed by atoms with Crippen molar-refractivity contribution in [1.29, 1.82) is 0 Å². The highest BCUT2D eigenvalue weighted by Gasteiger charge is 2.27. The first-order valence-electron chi connectivity index (χ1n) is 5.47. The maximum atomic E-state index is 11.3.